The summed E-state index contributed by atoms with van der Waals surface area (Å²) in [7, 11) is 1.65. The molecular formula is C35H40Cl2N6O3. The van der Waals surface area contributed by atoms with Crippen LogP contribution in [0.2, 0.25) is 10.0 Å². The van der Waals surface area contributed by atoms with Gasteiger partial charge in [0.15, 0.2) is 0 Å². The number of ether oxygens (including phenoxy) is 1. The molecule has 242 valence electrons. The first kappa shape index (κ1) is 32.3. The Morgan fingerprint density at radius 1 is 0.957 bits per heavy atom. The van der Waals surface area contributed by atoms with E-state index in [0.29, 0.717) is 47.7 Å². The second kappa shape index (κ2) is 14.9. The largest absolute Gasteiger partial charge is 0.496 e. The standard InChI is InChI=1S/C35H40Cl2N6O3/c1-46-31-17-22(4-5-23(31)19-39-21-25-7-11-33(45)42-25)35-34(37)29(13-15-40-35)28-9-8-27(18-30(28)36)43-16-2-3-26(43)12-14-38-20-24-6-10-32(44)41-24/h2,4-5,8-9,13,15-18,24-26,38-39H,3,6-7,10-12,14,19-21H2,1H3,(H,41,44)(H,42,45)/t24-,25+,26?/m0/s1. The number of hydrogen-bond donors (Lipinski definition) is 4. The normalized spacial score (nSPS) is 20.8. The maximum atomic E-state index is 11.5. The lowest BCUT2D eigenvalue weighted by Crippen LogP contribution is -2.37. The van der Waals surface area contributed by atoms with Crippen molar-refractivity contribution in [2.45, 2.75) is 63.2 Å². The van der Waals surface area contributed by atoms with Gasteiger partial charge >= 0.3 is 0 Å². The molecule has 4 N–H and O–H groups in total. The number of rotatable bonds is 13. The fourth-order valence-electron chi connectivity index (χ4n) is 6.48. The van der Waals surface area contributed by atoms with E-state index in [1.54, 1.807) is 13.3 Å². The molecule has 6 rings (SSSR count). The van der Waals surface area contributed by atoms with Gasteiger partial charge in [-0.25, -0.2) is 0 Å². The van der Waals surface area contributed by atoms with Crippen LogP contribution in [0.5, 0.6) is 5.75 Å². The summed E-state index contributed by atoms with van der Waals surface area (Å²) >= 11 is 13.9. The molecule has 3 aliphatic heterocycles. The van der Waals surface area contributed by atoms with E-state index < -0.39 is 0 Å². The molecule has 3 aromatic rings. The van der Waals surface area contributed by atoms with Crippen molar-refractivity contribution in [2.24, 2.45) is 0 Å². The first-order chi connectivity index (χ1) is 22.4. The SMILES string of the molecule is COc1cc(-c2nccc(-c3ccc(N4C=CCC4CCNC[C@@H]4CCC(=O)N4)cc3Cl)c2Cl)ccc1CNC[C@H]1CCC(=O)N1. The second-order valence-corrected chi connectivity index (χ2v) is 12.9. The quantitative estimate of drug-likeness (QED) is 0.180. The molecule has 1 unspecified atom stereocenters. The van der Waals surface area contributed by atoms with E-state index in [1.165, 1.54) is 0 Å². The molecule has 4 heterocycles. The van der Waals surface area contributed by atoms with Crippen LogP contribution in [0.4, 0.5) is 5.69 Å². The molecule has 1 aromatic heterocycles. The van der Waals surface area contributed by atoms with Gasteiger partial charge in [0.1, 0.15) is 5.75 Å². The summed E-state index contributed by atoms with van der Waals surface area (Å²) in [6.45, 7) is 3.00. The van der Waals surface area contributed by atoms with Crippen LogP contribution in [0.1, 0.15) is 44.1 Å². The van der Waals surface area contributed by atoms with Crippen LogP contribution in [0.25, 0.3) is 22.4 Å². The van der Waals surface area contributed by atoms with Crippen molar-refractivity contribution in [3.63, 3.8) is 0 Å². The third kappa shape index (κ3) is 7.50. The Labute approximate surface area is 280 Å². The Hall–Kier alpha value is -3.63. The van der Waals surface area contributed by atoms with Crippen molar-refractivity contribution in [3.05, 3.63) is 76.5 Å². The molecular weight excluding hydrogens is 623 g/mol. The van der Waals surface area contributed by atoms with Gasteiger partial charge in [-0.15, -0.1) is 0 Å². The molecule has 3 atom stereocenters. The first-order valence-corrected chi connectivity index (χ1v) is 16.7. The Kier molecular flexibility index (Phi) is 10.4. The summed E-state index contributed by atoms with van der Waals surface area (Å²) in [4.78, 5) is 29.8. The van der Waals surface area contributed by atoms with Gasteiger partial charge in [-0.3, -0.25) is 14.6 Å². The highest BCUT2D eigenvalue weighted by Crippen LogP contribution is 2.41. The molecule has 11 heteroatoms. The van der Waals surface area contributed by atoms with Crippen LogP contribution >= 0.6 is 23.2 Å². The zero-order chi connectivity index (χ0) is 32.0. The predicted octanol–water partition coefficient (Wildman–Crippen LogP) is 5.45. The number of methoxy groups -OCH3 is 1. The highest BCUT2D eigenvalue weighted by molar-refractivity contribution is 6.38. The third-order valence-electron chi connectivity index (χ3n) is 8.98. The van der Waals surface area contributed by atoms with E-state index in [0.717, 1.165) is 72.5 Å². The summed E-state index contributed by atoms with van der Waals surface area (Å²) in [6, 6.07) is 14.7. The van der Waals surface area contributed by atoms with Crippen molar-refractivity contribution in [2.75, 3.05) is 31.6 Å². The summed E-state index contributed by atoms with van der Waals surface area (Å²) < 4.78 is 5.72. The van der Waals surface area contributed by atoms with Crippen molar-refractivity contribution >= 4 is 40.7 Å². The van der Waals surface area contributed by atoms with Crippen LogP contribution in [-0.2, 0) is 16.1 Å². The Morgan fingerprint density at radius 3 is 2.41 bits per heavy atom. The number of benzene rings is 2. The zero-order valence-electron chi connectivity index (χ0n) is 26.0. The molecule has 0 aliphatic carbocycles. The van der Waals surface area contributed by atoms with E-state index >= 15 is 0 Å². The van der Waals surface area contributed by atoms with Gasteiger partial charge in [-0.2, -0.15) is 0 Å². The van der Waals surface area contributed by atoms with Gasteiger partial charge in [0.05, 0.1) is 22.8 Å². The minimum atomic E-state index is 0.114. The molecule has 2 fully saturated rings. The van der Waals surface area contributed by atoms with Gasteiger partial charge in [0.25, 0.3) is 0 Å². The predicted molar refractivity (Wildman–Crippen MR) is 183 cm³/mol. The van der Waals surface area contributed by atoms with Crippen LogP contribution in [0.3, 0.4) is 0 Å². The number of amides is 2. The zero-order valence-corrected chi connectivity index (χ0v) is 27.5. The van der Waals surface area contributed by atoms with Crippen LogP contribution in [-0.4, -0.2) is 61.7 Å². The molecule has 0 bridgehead atoms. The lowest BCUT2D eigenvalue weighted by atomic mass is 10.0. The maximum absolute atomic E-state index is 11.5. The molecule has 2 amide bonds. The highest BCUT2D eigenvalue weighted by Gasteiger charge is 2.24. The number of nitrogens with zero attached hydrogens (tertiary/aromatic N) is 2. The monoisotopic (exact) mass is 662 g/mol. The number of anilines is 1. The summed E-state index contributed by atoms with van der Waals surface area (Å²) in [5.74, 6) is 0.998. The van der Waals surface area contributed by atoms with E-state index in [1.807, 2.05) is 36.4 Å². The van der Waals surface area contributed by atoms with Crippen LogP contribution < -0.4 is 30.9 Å². The topological polar surface area (TPSA) is 108 Å². The van der Waals surface area contributed by atoms with Gasteiger partial charge in [-0.1, -0.05) is 47.5 Å². The lowest BCUT2D eigenvalue weighted by molar-refractivity contribution is -0.120. The molecule has 0 saturated carbocycles. The summed E-state index contributed by atoms with van der Waals surface area (Å²) in [5, 5.41) is 14.1. The van der Waals surface area contributed by atoms with Crippen LogP contribution in [0.15, 0.2) is 60.9 Å². The first-order valence-electron chi connectivity index (χ1n) is 16.0. The molecule has 0 radical (unpaired) electrons. The van der Waals surface area contributed by atoms with Gasteiger partial charge in [0.2, 0.25) is 11.8 Å². The van der Waals surface area contributed by atoms with E-state index in [-0.39, 0.29) is 23.9 Å². The number of halogens is 2. The van der Waals surface area contributed by atoms with Crippen molar-refractivity contribution in [3.8, 4) is 28.1 Å². The third-order valence-corrected chi connectivity index (χ3v) is 9.67. The minimum absolute atomic E-state index is 0.114. The van der Waals surface area contributed by atoms with Crippen molar-refractivity contribution in [1.82, 2.24) is 26.3 Å². The van der Waals surface area contributed by atoms with E-state index in [9.17, 15) is 9.59 Å². The number of aromatic nitrogens is 1. The number of hydrogen-bond acceptors (Lipinski definition) is 7. The fraction of sp³-hybridized carbons (Fsp3) is 0.400. The van der Waals surface area contributed by atoms with Gasteiger partial charge in [-0.05, 0) is 56.5 Å². The highest BCUT2D eigenvalue weighted by atomic mass is 35.5. The molecule has 2 saturated heterocycles. The number of carbonyl (C=O) groups excluding carboxylic acids is 2. The van der Waals surface area contributed by atoms with E-state index in [2.05, 4.69) is 49.5 Å². The van der Waals surface area contributed by atoms with Gasteiger partial charge < -0.3 is 30.9 Å². The van der Waals surface area contributed by atoms with Crippen molar-refractivity contribution < 1.29 is 14.3 Å². The number of nitrogens with one attached hydrogen (secondary N) is 4. The summed E-state index contributed by atoms with van der Waals surface area (Å²) in [5.41, 5.74) is 5.18. The molecule has 2 aromatic carbocycles. The number of carbonyl (C=O) groups is 2. The molecule has 3 aliphatic rings. The average molecular weight is 664 g/mol. The van der Waals surface area contributed by atoms with Gasteiger partial charge in [0, 0.05) is 90.9 Å². The van der Waals surface area contributed by atoms with E-state index in [4.69, 9.17) is 27.9 Å². The smallest absolute Gasteiger partial charge is 0.220 e. The van der Waals surface area contributed by atoms with Crippen molar-refractivity contribution in [1.29, 1.82) is 0 Å². The minimum Gasteiger partial charge on any atom is -0.496 e. The summed E-state index contributed by atoms with van der Waals surface area (Å²) in [6.07, 6.45) is 11.0. The fourth-order valence-corrected chi connectivity index (χ4v) is 7.08. The Bertz CT molecular complexity index is 1620. The number of pyridine rings is 1. The maximum Gasteiger partial charge on any atom is 0.220 e. The van der Waals surface area contributed by atoms with Crippen LogP contribution in [0, 0.1) is 0 Å². The average Bonchev–Trinajstić information content (AvgIpc) is 3.81. The Morgan fingerprint density at radius 2 is 1.72 bits per heavy atom. The molecule has 0 spiro atoms. The Balaban J connectivity index is 1.12. The molecule has 9 nitrogen and oxygen atoms in total. The second-order valence-electron chi connectivity index (χ2n) is 12.1. The molecule has 46 heavy (non-hydrogen) atoms. The lowest BCUT2D eigenvalue weighted by Gasteiger charge is -2.27.